The second-order valence-electron chi connectivity index (χ2n) is 7.23. The molecule has 152 valence electrons. The monoisotopic (exact) mass is 409 g/mol. The van der Waals surface area contributed by atoms with Crippen LogP contribution in [0.2, 0.25) is 0 Å². The van der Waals surface area contributed by atoms with E-state index in [4.69, 9.17) is 17.0 Å². The predicted molar refractivity (Wildman–Crippen MR) is 120 cm³/mol. The summed E-state index contributed by atoms with van der Waals surface area (Å²) >= 11 is 5.60. The molecule has 0 bridgehead atoms. The van der Waals surface area contributed by atoms with E-state index < -0.39 is 0 Å². The molecule has 2 aromatic carbocycles. The number of rotatable bonds is 7. The van der Waals surface area contributed by atoms with E-state index in [-0.39, 0.29) is 6.04 Å². The molecule has 1 aliphatic rings. The van der Waals surface area contributed by atoms with E-state index in [2.05, 4.69) is 61.9 Å². The first kappa shape index (κ1) is 19.8. The molecule has 0 radical (unpaired) electrons. The topological polar surface area (TPSA) is 65.2 Å². The highest BCUT2D eigenvalue weighted by molar-refractivity contribution is 7.80. The van der Waals surface area contributed by atoms with Gasteiger partial charge in [0.05, 0.1) is 36.6 Å². The second kappa shape index (κ2) is 9.82. The van der Waals surface area contributed by atoms with Crippen LogP contribution in [0.25, 0.3) is 11.0 Å². The number of hydrogen-bond acceptors (Lipinski definition) is 4. The summed E-state index contributed by atoms with van der Waals surface area (Å²) in [6, 6.07) is 16.6. The molecule has 7 heteroatoms. The van der Waals surface area contributed by atoms with E-state index in [9.17, 15) is 0 Å². The largest absolute Gasteiger partial charge is 0.379 e. The van der Waals surface area contributed by atoms with Gasteiger partial charge in [-0.05, 0) is 48.4 Å². The molecule has 0 spiro atoms. The molecule has 1 unspecified atom stereocenters. The van der Waals surface area contributed by atoms with Crippen LogP contribution in [0, 0.1) is 0 Å². The molecule has 3 aromatic rings. The van der Waals surface area contributed by atoms with E-state index in [1.165, 1.54) is 5.56 Å². The maximum atomic E-state index is 5.60. The SMILES string of the molecule is S=C(NCCCN1CCOCC1)NC(c1ccccc1)c1ccc2nc[nH]c2c1. The van der Waals surface area contributed by atoms with Crippen LogP contribution in [0.5, 0.6) is 0 Å². The highest BCUT2D eigenvalue weighted by atomic mass is 32.1. The standard InChI is InChI=1S/C22H27N5OS/c29-22(23-9-4-10-27-11-13-28-14-12-27)26-21(17-5-2-1-3-6-17)18-7-8-19-20(15-18)25-16-24-19/h1-3,5-8,15-16,21H,4,9-14H2,(H,24,25)(H2,23,26,29). The van der Waals surface area contributed by atoms with Gasteiger partial charge in [0.25, 0.3) is 0 Å². The minimum absolute atomic E-state index is 0.0249. The van der Waals surface area contributed by atoms with Gasteiger partial charge in [0.1, 0.15) is 0 Å². The molecule has 1 saturated heterocycles. The van der Waals surface area contributed by atoms with E-state index in [1.54, 1.807) is 6.33 Å². The zero-order valence-electron chi connectivity index (χ0n) is 16.4. The van der Waals surface area contributed by atoms with Gasteiger partial charge in [-0.1, -0.05) is 36.4 Å². The number of hydrogen-bond donors (Lipinski definition) is 3. The number of ether oxygens (including phenoxy) is 1. The second-order valence-corrected chi connectivity index (χ2v) is 7.64. The number of benzene rings is 2. The van der Waals surface area contributed by atoms with Gasteiger partial charge in [-0.25, -0.2) is 4.98 Å². The summed E-state index contributed by atoms with van der Waals surface area (Å²) in [4.78, 5) is 9.95. The Hall–Kier alpha value is -2.48. The van der Waals surface area contributed by atoms with Crippen molar-refractivity contribution in [2.75, 3.05) is 39.4 Å². The highest BCUT2D eigenvalue weighted by Crippen LogP contribution is 2.24. The predicted octanol–water partition coefficient (Wildman–Crippen LogP) is 2.84. The maximum Gasteiger partial charge on any atom is 0.167 e. The average molecular weight is 410 g/mol. The van der Waals surface area contributed by atoms with Crippen LogP contribution in [0.15, 0.2) is 54.9 Å². The van der Waals surface area contributed by atoms with E-state index in [0.717, 1.165) is 62.4 Å². The summed E-state index contributed by atoms with van der Waals surface area (Å²) in [6.07, 6.45) is 2.78. The van der Waals surface area contributed by atoms with Crippen LogP contribution < -0.4 is 10.6 Å². The summed E-state index contributed by atoms with van der Waals surface area (Å²) in [5.41, 5.74) is 4.30. The van der Waals surface area contributed by atoms with Crippen LogP contribution in [0.1, 0.15) is 23.6 Å². The molecular formula is C22H27N5OS. The molecule has 3 N–H and O–H groups in total. The number of imidazole rings is 1. The molecule has 0 amide bonds. The van der Waals surface area contributed by atoms with Gasteiger partial charge in [0, 0.05) is 19.6 Å². The van der Waals surface area contributed by atoms with Crippen LogP contribution >= 0.6 is 12.2 Å². The van der Waals surface area contributed by atoms with Gasteiger partial charge in [-0.3, -0.25) is 4.90 Å². The molecule has 1 atom stereocenters. The molecule has 0 aliphatic carbocycles. The lowest BCUT2D eigenvalue weighted by molar-refractivity contribution is 0.0376. The minimum atomic E-state index is -0.0249. The van der Waals surface area contributed by atoms with E-state index >= 15 is 0 Å². The number of morpholine rings is 1. The Morgan fingerprint density at radius 1 is 1.14 bits per heavy atom. The average Bonchev–Trinajstić information content (AvgIpc) is 3.24. The van der Waals surface area contributed by atoms with Crippen LogP contribution in [-0.4, -0.2) is 59.4 Å². The third kappa shape index (κ3) is 5.32. The van der Waals surface area contributed by atoms with Crippen molar-refractivity contribution in [1.82, 2.24) is 25.5 Å². The summed E-state index contributed by atoms with van der Waals surface area (Å²) in [7, 11) is 0. The lowest BCUT2D eigenvalue weighted by atomic mass is 9.98. The van der Waals surface area contributed by atoms with Gasteiger partial charge in [0.2, 0.25) is 0 Å². The Kier molecular flexibility index (Phi) is 6.71. The molecule has 4 rings (SSSR count). The fourth-order valence-electron chi connectivity index (χ4n) is 3.65. The molecule has 6 nitrogen and oxygen atoms in total. The molecule has 2 heterocycles. The lowest BCUT2D eigenvalue weighted by Crippen LogP contribution is -2.41. The lowest BCUT2D eigenvalue weighted by Gasteiger charge is -2.26. The fraction of sp³-hybridized carbons (Fsp3) is 0.364. The number of nitrogens with zero attached hydrogens (tertiary/aromatic N) is 2. The molecule has 1 aliphatic heterocycles. The Morgan fingerprint density at radius 2 is 1.97 bits per heavy atom. The fourth-order valence-corrected chi connectivity index (χ4v) is 3.87. The van der Waals surface area contributed by atoms with Crippen LogP contribution in [-0.2, 0) is 4.74 Å². The number of nitrogens with one attached hydrogen (secondary N) is 3. The first-order valence-electron chi connectivity index (χ1n) is 10.1. The molecule has 1 fully saturated rings. The number of aromatic nitrogens is 2. The zero-order valence-corrected chi connectivity index (χ0v) is 17.3. The normalized spacial score (nSPS) is 15.9. The van der Waals surface area contributed by atoms with Crippen LogP contribution in [0.4, 0.5) is 0 Å². The Bertz CT molecular complexity index is 923. The number of H-pyrrole nitrogens is 1. The van der Waals surface area contributed by atoms with Crippen molar-refractivity contribution in [3.8, 4) is 0 Å². The summed E-state index contributed by atoms with van der Waals surface area (Å²) < 4.78 is 5.40. The summed E-state index contributed by atoms with van der Waals surface area (Å²) in [5, 5.41) is 7.54. The van der Waals surface area contributed by atoms with Gasteiger partial charge in [0.15, 0.2) is 5.11 Å². The molecule has 29 heavy (non-hydrogen) atoms. The Labute approximate surface area is 176 Å². The third-order valence-electron chi connectivity index (χ3n) is 5.23. The maximum absolute atomic E-state index is 5.60. The van der Waals surface area contributed by atoms with Crippen molar-refractivity contribution in [2.45, 2.75) is 12.5 Å². The third-order valence-corrected chi connectivity index (χ3v) is 5.49. The van der Waals surface area contributed by atoms with Gasteiger partial charge >= 0.3 is 0 Å². The minimum Gasteiger partial charge on any atom is -0.379 e. The zero-order chi connectivity index (χ0) is 19.9. The van der Waals surface area contributed by atoms with Crippen molar-refractivity contribution in [2.24, 2.45) is 0 Å². The van der Waals surface area contributed by atoms with E-state index in [1.807, 2.05) is 12.1 Å². The Balaban J connectivity index is 1.38. The summed E-state index contributed by atoms with van der Waals surface area (Å²) in [6.45, 7) is 5.64. The molecule has 0 saturated carbocycles. The number of thiocarbonyl (C=S) groups is 1. The van der Waals surface area contributed by atoms with Crippen molar-refractivity contribution in [3.63, 3.8) is 0 Å². The smallest absolute Gasteiger partial charge is 0.167 e. The van der Waals surface area contributed by atoms with Crippen LogP contribution in [0.3, 0.4) is 0 Å². The number of fused-ring (bicyclic) bond motifs is 1. The number of aromatic amines is 1. The molecule has 1 aromatic heterocycles. The van der Waals surface area contributed by atoms with E-state index in [0.29, 0.717) is 5.11 Å². The highest BCUT2D eigenvalue weighted by Gasteiger charge is 2.16. The van der Waals surface area contributed by atoms with Gasteiger partial charge in [-0.2, -0.15) is 0 Å². The van der Waals surface area contributed by atoms with Crippen molar-refractivity contribution in [3.05, 3.63) is 66.0 Å². The van der Waals surface area contributed by atoms with Crippen molar-refractivity contribution < 1.29 is 4.74 Å². The van der Waals surface area contributed by atoms with Crippen molar-refractivity contribution in [1.29, 1.82) is 0 Å². The Morgan fingerprint density at radius 3 is 2.79 bits per heavy atom. The van der Waals surface area contributed by atoms with Crippen molar-refractivity contribution >= 4 is 28.4 Å². The first-order valence-corrected chi connectivity index (χ1v) is 10.5. The molecular weight excluding hydrogens is 382 g/mol. The summed E-state index contributed by atoms with van der Waals surface area (Å²) in [5.74, 6) is 0. The van der Waals surface area contributed by atoms with Gasteiger partial charge < -0.3 is 20.4 Å². The van der Waals surface area contributed by atoms with Gasteiger partial charge in [-0.15, -0.1) is 0 Å². The first-order chi connectivity index (χ1) is 14.3. The quantitative estimate of drug-likeness (QED) is 0.412.